The highest BCUT2D eigenvalue weighted by molar-refractivity contribution is 6.32. The van der Waals surface area contributed by atoms with Crippen molar-refractivity contribution in [2.24, 2.45) is 5.92 Å². The van der Waals surface area contributed by atoms with E-state index in [9.17, 15) is 0 Å². The minimum atomic E-state index is 0.536. The molecule has 21 heavy (non-hydrogen) atoms. The molecule has 0 amide bonds. The van der Waals surface area contributed by atoms with Crippen LogP contribution in [-0.2, 0) is 11.3 Å². The van der Waals surface area contributed by atoms with Crippen molar-refractivity contribution in [2.75, 3.05) is 26.4 Å². The van der Waals surface area contributed by atoms with Crippen molar-refractivity contribution in [1.29, 1.82) is 0 Å². The van der Waals surface area contributed by atoms with E-state index in [1.54, 1.807) is 0 Å². The highest BCUT2D eigenvalue weighted by Gasteiger charge is 2.03. The maximum Gasteiger partial charge on any atom is 0.138 e. The minimum absolute atomic E-state index is 0.536. The van der Waals surface area contributed by atoms with Crippen molar-refractivity contribution in [3.8, 4) is 5.75 Å². The average Bonchev–Trinajstić information content (AvgIpc) is 2.44. The molecular weight excluding hydrogens is 286 g/mol. The molecule has 1 N–H and O–H groups in total. The molecule has 1 aromatic rings. The van der Waals surface area contributed by atoms with E-state index in [2.05, 4.69) is 26.1 Å². The first kappa shape index (κ1) is 18.3. The molecule has 0 aromatic heterocycles. The van der Waals surface area contributed by atoms with Crippen molar-refractivity contribution < 1.29 is 9.47 Å². The summed E-state index contributed by atoms with van der Waals surface area (Å²) in [7, 11) is 0. The zero-order valence-corrected chi connectivity index (χ0v) is 14.2. The molecule has 1 rings (SSSR count). The normalized spacial score (nSPS) is 11.1. The van der Waals surface area contributed by atoms with Gasteiger partial charge >= 0.3 is 0 Å². The Hall–Kier alpha value is -0.770. The number of halogens is 1. The van der Waals surface area contributed by atoms with Crippen LogP contribution in [0.15, 0.2) is 18.2 Å². The number of hydrogen-bond donors (Lipinski definition) is 1. The fourth-order valence-electron chi connectivity index (χ4n) is 1.84. The largest absolute Gasteiger partial charge is 0.490 e. The Kier molecular flexibility index (Phi) is 9.48. The van der Waals surface area contributed by atoms with Gasteiger partial charge < -0.3 is 14.8 Å². The molecule has 0 bridgehead atoms. The maximum absolute atomic E-state index is 6.24. The lowest BCUT2D eigenvalue weighted by Crippen LogP contribution is -2.18. The molecule has 0 aliphatic carbocycles. The van der Waals surface area contributed by atoms with E-state index in [1.165, 1.54) is 5.56 Å². The zero-order chi connectivity index (χ0) is 15.5. The third-order valence-corrected chi connectivity index (χ3v) is 3.30. The molecule has 0 fully saturated rings. The number of ether oxygens (including phenoxy) is 2. The van der Waals surface area contributed by atoms with Crippen molar-refractivity contribution >= 4 is 11.6 Å². The molecule has 4 heteroatoms. The van der Waals surface area contributed by atoms with E-state index in [4.69, 9.17) is 21.1 Å². The predicted molar refractivity (Wildman–Crippen MR) is 89.2 cm³/mol. The molecule has 0 atom stereocenters. The van der Waals surface area contributed by atoms with E-state index in [1.807, 2.05) is 18.2 Å². The van der Waals surface area contributed by atoms with Crippen molar-refractivity contribution in [1.82, 2.24) is 5.32 Å². The summed E-state index contributed by atoms with van der Waals surface area (Å²) in [6.07, 6.45) is 2.25. The van der Waals surface area contributed by atoms with Gasteiger partial charge in [-0.25, -0.2) is 0 Å². The number of rotatable bonds is 11. The van der Waals surface area contributed by atoms with Gasteiger partial charge in [0.2, 0.25) is 0 Å². The van der Waals surface area contributed by atoms with Crippen LogP contribution in [0.4, 0.5) is 0 Å². The molecule has 0 aliphatic rings. The molecule has 3 nitrogen and oxygen atoms in total. The Labute approximate surface area is 134 Å². The van der Waals surface area contributed by atoms with Gasteiger partial charge in [-0.15, -0.1) is 0 Å². The molecule has 1 aromatic carbocycles. The van der Waals surface area contributed by atoms with Gasteiger partial charge in [0.05, 0.1) is 11.6 Å². The third kappa shape index (κ3) is 8.30. The number of nitrogens with one attached hydrogen (secondary N) is 1. The highest BCUT2D eigenvalue weighted by Crippen LogP contribution is 2.25. The smallest absolute Gasteiger partial charge is 0.138 e. The van der Waals surface area contributed by atoms with Crippen LogP contribution in [0.2, 0.25) is 5.02 Å². The monoisotopic (exact) mass is 313 g/mol. The molecule has 0 heterocycles. The summed E-state index contributed by atoms with van der Waals surface area (Å²) in [6.45, 7) is 10.3. The third-order valence-electron chi connectivity index (χ3n) is 3.01. The lowest BCUT2D eigenvalue weighted by atomic mass is 10.2. The highest BCUT2D eigenvalue weighted by atomic mass is 35.5. The zero-order valence-electron chi connectivity index (χ0n) is 13.5. The molecule has 0 aliphatic heterocycles. The van der Waals surface area contributed by atoms with Gasteiger partial charge in [0.1, 0.15) is 12.4 Å². The minimum Gasteiger partial charge on any atom is -0.490 e. The van der Waals surface area contributed by atoms with E-state index < -0.39 is 0 Å². The first-order valence-electron chi connectivity index (χ1n) is 7.83. The van der Waals surface area contributed by atoms with Gasteiger partial charge in [-0.3, -0.25) is 0 Å². The summed E-state index contributed by atoms with van der Waals surface area (Å²) < 4.78 is 11.1. The van der Waals surface area contributed by atoms with Gasteiger partial charge in [-0.05, 0) is 36.6 Å². The number of unbranched alkanes of at least 4 members (excludes halogenated alkanes) is 1. The Balaban J connectivity index is 2.29. The van der Waals surface area contributed by atoms with Gasteiger partial charge in [-0.2, -0.15) is 0 Å². The van der Waals surface area contributed by atoms with Crippen LogP contribution in [0.5, 0.6) is 5.75 Å². The lowest BCUT2D eigenvalue weighted by molar-refractivity contribution is 0.0981. The SMILES string of the molecule is CCCCOCCOc1ccc(CNCC(C)C)cc1Cl. The average molecular weight is 314 g/mol. The van der Waals surface area contributed by atoms with Crippen LogP contribution in [0.25, 0.3) is 0 Å². The standard InChI is InChI=1S/C17H28ClNO2/c1-4-5-8-20-9-10-21-17-7-6-15(11-16(17)18)13-19-12-14(2)3/h6-7,11,14,19H,4-5,8-10,12-13H2,1-3H3. The topological polar surface area (TPSA) is 30.5 Å². The molecule has 0 spiro atoms. The molecule has 0 saturated heterocycles. The van der Waals surface area contributed by atoms with Crippen LogP contribution in [-0.4, -0.2) is 26.4 Å². The van der Waals surface area contributed by atoms with Crippen LogP contribution in [0.1, 0.15) is 39.2 Å². The summed E-state index contributed by atoms with van der Waals surface area (Å²) in [5.41, 5.74) is 1.17. The van der Waals surface area contributed by atoms with Gasteiger partial charge in [0.15, 0.2) is 0 Å². The first-order chi connectivity index (χ1) is 10.1. The van der Waals surface area contributed by atoms with Crippen molar-refractivity contribution in [3.63, 3.8) is 0 Å². The maximum atomic E-state index is 6.24. The molecule has 0 saturated carbocycles. The molecular formula is C17H28ClNO2. The van der Waals surface area contributed by atoms with E-state index in [0.29, 0.717) is 24.2 Å². The quantitative estimate of drug-likeness (QED) is 0.618. The van der Waals surface area contributed by atoms with Crippen molar-refractivity contribution in [2.45, 2.75) is 40.2 Å². The number of hydrogen-bond acceptors (Lipinski definition) is 3. The van der Waals surface area contributed by atoms with Crippen LogP contribution < -0.4 is 10.1 Å². The molecule has 120 valence electrons. The second-order valence-electron chi connectivity index (χ2n) is 5.60. The summed E-state index contributed by atoms with van der Waals surface area (Å²) in [5.74, 6) is 1.37. The Bertz CT molecular complexity index is 396. The van der Waals surface area contributed by atoms with Crippen molar-refractivity contribution in [3.05, 3.63) is 28.8 Å². The second kappa shape index (κ2) is 10.9. The first-order valence-corrected chi connectivity index (χ1v) is 8.21. The van der Waals surface area contributed by atoms with Crippen LogP contribution in [0, 0.1) is 5.92 Å². The second-order valence-corrected chi connectivity index (χ2v) is 6.01. The summed E-state index contributed by atoms with van der Waals surface area (Å²) >= 11 is 6.24. The summed E-state index contributed by atoms with van der Waals surface area (Å²) in [4.78, 5) is 0. The Morgan fingerprint density at radius 2 is 2.00 bits per heavy atom. The molecule has 0 radical (unpaired) electrons. The fraction of sp³-hybridized carbons (Fsp3) is 0.647. The van der Waals surface area contributed by atoms with Gasteiger partial charge in [0, 0.05) is 13.2 Å². The van der Waals surface area contributed by atoms with E-state index in [-0.39, 0.29) is 0 Å². The summed E-state index contributed by atoms with van der Waals surface area (Å²) in [6, 6.07) is 5.94. The molecule has 0 unspecified atom stereocenters. The Morgan fingerprint density at radius 3 is 2.67 bits per heavy atom. The number of benzene rings is 1. The van der Waals surface area contributed by atoms with Gasteiger partial charge in [0.25, 0.3) is 0 Å². The van der Waals surface area contributed by atoms with E-state index >= 15 is 0 Å². The Morgan fingerprint density at radius 1 is 1.19 bits per heavy atom. The van der Waals surface area contributed by atoms with Crippen LogP contribution in [0.3, 0.4) is 0 Å². The van der Waals surface area contributed by atoms with E-state index in [0.717, 1.165) is 38.3 Å². The van der Waals surface area contributed by atoms with Crippen LogP contribution >= 0.6 is 11.6 Å². The lowest BCUT2D eigenvalue weighted by Gasteiger charge is -2.11. The van der Waals surface area contributed by atoms with Gasteiger partial charge in [-0.1, -0.05) is 44.9 Å². The predicted octanol–water partition coefficient (Wildman–Crippen LogP) is 4.28. The summed E-state index contributed by atoms with van der Waals surface area (Å²) in [5, 5.41) is 4.06. The fourth-order valence-corrected chi connectivity index (χ4v) is 2.09.